The van der Waals surface area contributed by atoms with Crippen LogP contribution in [0.5, 0.6) is 0 Å². The van der Waals surface area contributed by atoms with Crippen molar-refractivity contribution in [3.63, 3.8) is 0 Å². The minimum Gasteiger partial charge on any atom is -0.333 e. The van der Waals surface area contributed by atoms with E-state index in [-0.39, 0.29) is 5.91 Å². The van der Waals surface area contributed by atoms with Crippen molar-refractivity contribution < 1.29 is 4.79 Å². The number of benzene rings is 1. The largest absolute Gasteiger partial charge is 0.333 e. The molecule has 0 atom stereocenters. The Balaban J connectivity index is 1.84. The minimum atomic E-state index is 0.149. The maximum absolute atomic E-state index is 12.3. The van der Waals surface area contributed by atoms with Crippen LogP contribution in [0.3, 0.4) is 0 Å². The van der Waals surface area contributed by atoms with Gasteiger partial charge in [0, 0.05) is 17.6 Å². The number of nitrogens with zero attached hydrogens (tertiary/aromatic N) is 1. The summed E-state index contributed by atoms with van der Waals surface area (Å²) in [5.41, 5.74) is 2.61. The van der Waals surface area contributed by atoms with Crippen molar-refractivity contribution in [1.82, 2.24) is 4.90 Å². The van der Waals surface area contributed by atoms with Crippen LogP contribution in [0, 0.1) is 0 Å². The molecule has 2 aromatic rings. The van der Waals surface area contributed by atoms with Crippen molar-refractivity contribution in [3.8, 4) is 0 Å². The van der Waals surface area contributed by atoms with Crippen LogP contribution in [0.25, 0.3) is 0 Å². The van der Waals surface area contributed by atoms with Crippen molar-refractivity contribution in [3.05, 3.63) is 56.2 Å². The predicted molar refractivity (Wildman–Crippen MR) is 76.9 cm³/mol. The third kappa shape index (κ3) is 2.22. The molecule has 0 radical (unpaired) electrons. The van der Waals surface area contributed by atoms with Gasteiger partial charge in [0.2, 0.25) is 0 Å². The molecule has 2 nitrogen and oxygen atoms in total. The number of rotatable bonds is 1. The van der Waals surface area contributed by atoms with Crippen molar-refractivity contribution in [2.45, 2.75) is 13.0 Å². The number of thiophene rings is 1. The van der Waals surface area contributed by atoms with Crippen molar-refractivity contribution in [2.24, 2.45) is 0 Å². The molecule has 1 aliphatic heterocycles. The summed E-state index contributed by atoms with van der Waals surface area (Å²) in [7, 11) is 0. The van der Waals surface area contributed by atoms with Gasteiger partial charge in [-0.25, -0.2) is 0 Å². The monoisotopic (exact) mass is 321 g/mol. The molecule has 4 heteroatoms. The fourth-order valence-electron chi connectivity index (χ4n) is 2.26. The Kier molecular flexibility index (Phi) is 3.22. The molecule has 2 heterocycles. The summed E-state index contributed by atoms with van der Waals surface area (Å²) in [5, 5.41) is 1.95. The van der Waals surface area contributed by atoms with E-state index in [0.29, 0.717) is 6.54 Å². The first-order valence-corrected chi connectivity index (χ1v) is 7.51. The molecule has 0 unspecified atom stereocenters. The number of halogens is 1. The summed E-state index contributed by atoms with van der Waals surface area (Å²) in [6, 6.07) is 10.1. The van der Waals surface area contributed by atoms with Gasteiger partial charge in [-0.2, -0.15) is 0 Å². The molecule has 3 rings (SSSR count). The van der Waals surface area contributed by atoms with E-state index < -0.39 is 0 Å². The first-order valence-electron chi connectivity index (χ1n) is 5.84. The standard InChI is InChI=1S/C14H12BrNOS/c15-12-4-3-10-5-6-16(9-11(10)8-12)14(17)13-2-1-7-18-13/h1-4,7-8H,5-6,9H2. The second-order valence-corrected chi connectivity index (χ2v) is 6.23. The van der Waals surface area contributed by atoms with Gasteiger partial charge in [-0.1, -0.05) is 28.1 Å². The Labute approximate surface area is 118 Å². The highest BCUT2D eigenvalue weighted by Crippen LogP contribution is 2.24. The highest BCUT2D eigenvalue weighted by Gasteiger charge is 2.22. The molecule has 0 N–H and O–H groups in total. The SMILES string of the molecule is O=C(c1cccs1)N1CCc2ccc(Br)cc2C1. The third-order valence-corrected chi connectivity index (χ3v) is 4.55. The second kappa shape index (κ2) is 4.86. The van der Waals surface area contributed by atoms with Crippen LogP contribution in [0.4, 0.5) is 0 Å². The summed E-state index contributed by atoms with van der Waals surface area (Å²) < 4.78 is 1.08. The number of hydrogen-bond donors (Lipinski definition) is 0. The Morgan fingerprint density at radius 1 is 1.28 bits per heavy atom. The normalized spacial score (nSPS) is 14.4. The molecule has 1 aromatic heterocycles. The first-order chi connectivity index (χ1) is 8.74. The molecule has 18 heavy (non-hydrogen) atoms. The zero-order valence-electron chi connectivity index (χ0n) is 9.73. The maximum Gasteiger partial charge on any atom is 0.264 e. The van der Waals surface area contributed by atoms with Gasteiger partial charge in [0.1, 0.15) is 0 Å². The summed E-state index contributed by atoms with van der Waals surface area (Å²) in [6.07, 6.45) is 0.944. The van der Waals surface area contributed by atoms with E-state index in [4.69, 9.17) is 0 Å². The topological polar surface area (TPSA) is 20.3 Å². The molecular weight excluding hydrogens is 310 g/mol. The molecule has 1 amide bonds. The van der Waals surface area contributed by atoms with Crippen molar-refractivity contribution in [1.29, 1.82) is 0 Å². The molecular formula is C14H12BrNOS. The van der Waals surface area contributed by atoms with Crippen LogP contribution >= 0.6 is 27.3 Å². The first kappa shape index (κ1) is 11.9. The highest BCUT2D eigenvalue weighted by molar-refractivity contribution is 9.10. The highest BCUT2D eigenvalue weighted by atomic mass is 79.9. The second-order valence-electron chi connectivity index (χ2n) is 4.37. The Morgan fingerprint density at radius 3 is 2.94 bits per heavy atom. The van der Waals surface area contributed by atoms with Gasteiger partial charge >= 0.3 is 0 Å². The van der Waals surface area contributed by atoms with Gasteiger partial charge in [0.15, 0.2) is 0 Å². The average molecular weight is 322 g/mol. The third-order valence-electron chi connectivity index (χ3n) is 3.20. The Hall–Kier alpha value is -1.13. The van der Waals surface area contributed by atoms with E-state index in [2.05, 4.69) is 34.1 Å². The van der Waals surface area contributed by atoms with Crippen LogP contribution < -0.4 is 0 Å². The smallest absolute Gasteiger partial charge is 0.264 e. The Bertz CT molecular complexity index is 579. The fourth-order valence-corrected chi connectivity index (χ4v) is 3.35. The van der Waals surface area contributed by atoms with Crippen LogP contribution in [0.15, 0.2) is 40.2 Å². The average Bonchev–Trinajstić information content (AvgIpc) is 2.90. The van der Waals surface area contributed by atoms with E-state index in [1.165, 1.54) is 22.5 Å². The number of hydrogen-bond acceptors (Lipinski definition) is 2. The van der Waals surface area contributed by atoms with Crippen LogP contribution in [0.2, 0.25) is 0 Å². The molecule has 92 valence electrons. The van der Waals surface area contributed by atoms with E-state index in [1.807, 2.05) is 22.4 Å². The lowest BCUT2D eigenvalue weighted by Gasteiger charge is -2.28. The minimum absolute atomic E-state index is 0.149. The molecule has 1 aliphatic rings. The van der Waals surface area contributed by atoms with Crippen LogP contribution in [-0.2, 0) is 13.0 Å². The Morgan fingerprint density at radius 2 is 2.17 bits per heavy atom. The number of fused-ring (bicyclic) bond motifs is 1. The van der Waals surface area contributed by atoms with E-state index >= 15 is 0 Å². The van der Waals surface area contributed by atoms with E-state index in [1.54, 1.807) is 0 Å². The van der Waals surface area contributed by atoms with Crippen LogP contribution in [-0.4, -0.2) is 17.4 Å². The van der Waals surface area contributed by atoms with Gasteiger partial charge < -0.3 is 4.90 Å². The van der Waals surface area contributed by atoms with Gasteiger partial charge in [-0.05, 0) is 41.1 Å². The molecule has 0 spiro atoms. The lowest BCUT2D eigenvalue weighted by molar-refractivity contribution is 0.0739. The van der Waals surface area contributed by atoms with Gasteiger partial charge in [-0.3, -0.25) is 4.79 Å². The summed E-state index contributed by atoms with van der Waals surface area (Å²) >= 11 is 4.99. The lowest BCUT2D eigenvalue weighted by atomic mass is 10.00. The van der Waals surface area contributed by atoms with E-state index in [9.17, 15) is 4.79 Å². The molecule has 1 aromatic carbocycles. The number of carbonyl (C=O) groups is 1. The van der Waals surface area contributed by atoms with Gasteiger partial charge in [0.25, 0.3) is 5.91 Å². The number of carbonyl (C=O) groups excluding carboxylic acids is 1. The zero-order valence-corrected chi connectivity index (χ0v) is 12.1. The zero-order chi connectivity index (χ0) is 12.5. The predicted octanol–water partition coefficient (Wildman–Crippen LogP) is 3.71. The lowest BCUT2D eigenvalue weighted by Crippen LogP contribution is -2.35. The van der Waals surface area contributed by atoms with E-state index in [0.717, 1.165) is 22.3 Å². The quantitative estimate of drug-likeness (QED) is 0.784. The summed E-state index contributed by atoms with van der Waals surface area (Å²) in [5.74, 6) is 0.149. The van der Waals surface area contributed by atoms with Gasteiger partial charge in [-0.15, -0.1) is 11.3 Å². The fraction of sp³-hybridized carbons (Fsp3) is 0.214. The number of amides is 1. The molecule has 0 saturated carbocycles. The van der Waals surface area contributed by atoms with Crippen molar-refractivity contribution in [2.75, 3.05) is 6.54 Å². The summed E-state index contributed by atoms with van der Waals surface area (Å²) in [4.78, 5) is 15.0. The maximum atomic E-state index is 12.3. The summed E-state index contributed by atoms with van der Waals surface area (Å²) in [6.45, 7) is 1.52. The van der Waals surface area contributed by atoms with Gasteiger partial charge in [0.05, 0.1) is 4.88 Å². The van der Waals surface area contributed by atoms with Crippen LogP contribution in [0.1, 0.15) is 20.8 Å². The molecule has 0 bridgehead atoms. The molecule has 0 fully saturated rings. The molecule has 0 aliphatic carbocycles. The van der Waals surface area contributed by atoms with Crippen molar-refractivity contribution >= 4 is 33.2 Å². The molecule has 0 saturated heterocycles.